The van der Waals surface area contributed by atoms with Gasteiger partial charge in [-0.25, -0.2) is 0 Å². The summed E-state index contributed by atoms with van der Waals surface area (Å²) in [4.78, 5) is 15.8. The predicted octanol–water partition coefficient (Wildman–Crippen LogP) is 5.76. The maximum atomic E-state index is 12.9. The molecule has 0 spiro atoms. The zero-order chi connectivity index (χ0) is 21.0. The van der Waals surface area contributed by atoms with Gasteiger partial charge in [0.1, 0.15) is 5.75 Å². The molecule has 0 N–H and O–H groups in total. The summed E-state index contributed by atoms with van der Waals surface area (Å²) in [6.07, 6.45) is 0.705. The summed E-state index contributed by atoms with van der Waals surface area (Å²) in [5.74, 6) is 1.07. The number of rotatable bonds is 7. The summed E-state index contributed by atoms with van der Waals surface area (Å²) in [6, 6.07) is 17.7. The molecule has 3 aromatic rings. The van der Waals surface area contributed by atoms with Crippen LogP contribution in [0, 0.1) is 13.8 Å². The number of aryl methyl sites for hydroxylation is 2. The fraction of sp³-hybridized carbons (Fsp3) is 0.292. The second kappa shape index (κ2) is 9.23. The number of ether oxygens (including phenoxy) is 1. The van der Waals surface area contributed by atoms with Crippen LogP contribution in [0.4, 0.5) is 0 Å². The first-order valence-corrected chi connectivity index (χ1v) is 10.4. The Kier molecular flexibility index (Phi) is 6.70. The second-order valence-electron chi connectivity index (χ2n) is 7.22. The maximum Gasteiger partial charge on any atom is 0.289 e. The lowest BCUT2D eigenvalue weighted by Crippen LogP contribution is -2.36. The van der Waals surface area contributed by atoms with Crippen molar-refractivity contribution in [3.8, 4) is 5.75 Å². The Balaban J connectivity index is 1.70. The van der Waals surface area contributed by atoms with Gasteiger partial charge < -0.3 is 14.1 Å². The molecule has 4 nitrogen and oxygen atoms in total. The lowest BCUT2D eigenvalue weighted by atomic mass is 10.0. The van der Waals surface area contributed by atoms with Gasteiger partial charge in [-0.1, -0.05) is 48.2 Å². The molecule has 0 saturated heterocycles. The maximum absolute atomic E-state index is 12.9. The van der Waals surface area contributed by atoms with Gasteiger partial charge in [-0.2, -0.15) is 0 Å². The Morgan fingerprint density at radius 2 is 1.76 bits per heavy atom. The standard InChI is InChI=1S/C24H27NO3S/c1-16-9-8-10-17(2)23(16)29-22-14-13-21(28-22)24(26)25(4)18(3)15-19-11-6-7-12-20(19)27-5/h6-14,18H,15H2,1-5H3. The number of likely N-dealkylation sites (N-methyl/N-ethyl adjacent to an activating group) is 1. The molecule has 0 radical (unpaired) electrons. The number of benzene rings is 2. The Bertz CT molecular complexity index is 975. The minimum absolute atomic E-state index is 0.00128. The monoisotopic (exact) mass is 409 g/mol. The number of para-hydroxylation sites is 1. The molecule has 0 aliphatic heterocycles. The number of furan rings is 1. The first-order valence-electron chi connectivity index (χ1n) is 9.63. The van der Waals surface area contributed by atoms with Crippen LogP contribution < -0.4 is 4.74 Å². The second-order valence-corrected chi connectivity index (χ2v) is 8.24. The summed E-state index contributed by atoms with van der Waals surface area (Å²) in [7, 11) is 3.47. The Hall–Kier alpha value is -2.66. The summed E-state index contributed by atoms with van der Waals surface area (Å²) in [5, 5.41) is 0.719. The van der Waals surface area contributed by atoms with Gasteiger partial charge in [0.15, 0.2) is 10.9 Å². The van der Waals surface area contributed by atoms with Crippen LogP contribution in [-0.4, -0.2) is 31.0 Å². The smallest absolute Gasteiger partial charge is 0.289 e. The van der Waals surface area contributed by atoms with Crippen molar-refractivity contribution in [1.82, 2.24) is 4.90 Å². The lowest BCUT2D eigenvalue weighted by molar-refractivity contribution is 0.0705. The highest BCUT2D eigenvalue weighted by Gasteiger charge is 2.22. The van der Waals surface area contributed by atoms with E-state index in [-0.39, 0.29) is 11.9 Å². The molecule has 2 aromatic carbocycles. The van der Waals surface area contributed by atoms with E-state index < -0.39 is 0 Å². The molecule has 1 unspecified atom stereocenters. The van der Waals surface area contributed by atoms with Gasteiger partial charge in [-0.05, 0) is 62.1 Å². The molecule has 0 saturated carbocycles. The van der Waals surface area contributed by atoms with E-state index in [1.807, 2.05) is 50.4 Å². The molecule has 1 aromatic heterocycles. The highest BCUT2D eigenvalue weighted by molar-refractivity contribution is 7.99. The van der Waals surface area contributed by atoms with E-state index in [1.54, 1.807) is 29.8 Å². The summed E-state index contributed by atoms with van der Waals surface area (Å²) in [6.45, 7) is 6.19. The molecular formula is C24H27NO3S. The van der Waals surface area contributed by atoms with Crippen molar-refractivity contribution in [2.75, 3.05) is 14.2 Å². The van der Waals surface area contributed by atoms with Crippen LogP contribution in [0.3, 0.4) is 0 Å². The third-order valence-corrected chi connectivity index (χ3v) is 6.36. The van der Waals surface area contributed by atoms with E-state index in [0.717, 1.165) is 16.4 Å². The summed E-state index contributed by atoms with van der Waals surface area (Å²) in [5.41, 5.74) is 3.47. The fourth-order valence-electron chi connectivity index (χ4n) is 3.25. The predicted molar refractivity (Wildman–Crippen MR) is 117 cm³/mol. The highest BCUT2D eigenvalue weighted by atomic mass is 32.2. The van der Waals surface area contributed by atoms with Crippen molar-refractivity contribution in [3.63, 3.8) is 0 Å². The van der Waals surface area contributed by atoms with Crippen LogP contribution >= 0.6 is 11.8 Å². The number of hydrogen-bond donors (Lipinski definition) is 0. The fourth-order valence-corrected chi connectivity index (χ4v) is 4.18. The summed E-state index contributed by atoms with van der Waals surface area (Å²) >= 11 is 1.55. The Morgan fingerprint density at radius 3 is 2.45 bits per heavy atom. The molecule has 1 amide bonds. The van der Waals surface area contributed by atoms with Crippen LogP contribution in [-0.2, 0) is 6.42 Å². The van der Waals surface area contributed by atoms with Crippen molar-refractivity contribution in [1.29, 1.82) is 0 Å². The van der Waals surface area contributed by atoms with Crippen molar-refractivity contribution >= 4 is 17.7 Å². The van der Waals surface area contributed by atoms with Crippen LogP contribution in [0.15, 0.2) is 69.0 Å². The van der Waals surface area contributed by atoms with Crippen molar-refractivity contribution < 1.29 is 13.9 Å². The highest BCUT2D eigenvalue weighted by Crippen LogP contribution is 2.34. The van der Waals surface area contributed by atoms with Crippen LogP contribution in [0.1, 0.15) is 34.2 Å². The third kappa shape index (κ3) is 4.85. The zero-order valence-electron chi connectivity index (χ0n) is 17.6. The largest absolute Gasteiger partial charge is 0.496 e. The van der Waals surface area contributed by atoms with E-state index in [2.05, 4.69) is 26.0 Å². The number of amides is 1. The van der Waals surface area contributed by atoms with E-state index in [4.69, 9.17) is 9.15 Å². The lowest BCUT2D eigenvalue weighted by Gasteiger charge is -2.24. The van der Waals surface area contributed by atoms with Gasteiger partial charge in [0.05, 0.1) is 7.11 Å². The number of methoxy groups -OCH3 is 1. The van der Waals surface area contributed by atoms with E-state index in [9.17, 15) is 4.79 Å². The Morgan fingerprint density at radius 1 is 1.07 bits per heavy atom. The van der Waals surface area contributed by atoms with Crippen molar-refractivity contribution in [3.05, 3.63) is 77.0 Å². The van der Waals surface area contributed by atoms with Gasteiger partial charge in [-0.3, -0.25) is 4.79 Å². The summed E-state index contributed by atoms with van der Waals surface area (Å²) < 4.78 is 11.3. The van der Waals surface area contributed by atoms with Gasteiger partial charge >= 0.3 is 0 Å². The molecule has 1 heterocycles. The van der Waals surface area contributed by atoms with Crippen molar-refractivity contribution in [2.45, 2.75) is 43.2 Å². The number of carbonyl (C=O) groups excluding carboxylic acids is 1. The molecule has 0 fully saturated rings. The van der Waals surface area contributed by atoms with E-state index in [1.165, 1.54) is 16.0 Å². The molecule has 29 heavy (non-hydrogen) atoms. The molecule has 1 atom stereocenters. The zero-order valence-corrected chi connectivity index (χ0v) is 18.4. The average Bonchev–Trinajstić information content (AvgIpc) is 3.18. The molecule has 152 valence electrons. The van der Waals surface area contributed by atoms with Gasteiger partial charge in [0.25, 0.3) is 5.91 Å². The molecule has 3 rings (SSSR count). The normalized spacial score (nSPS) is 11.9. The molecule has 0 aliphatic carbocycles. The van der Waals surface area contributed by atoms with Gasteiger partial charge in [0, 0.05) is 18.0 Å². The number of carbonyl (C=O) groups is 1. The molecule has 0 aliphatic rings. The minimum atomic E-state index is -0.124. The Labute approximate surface area is 176 Å². The van der Waals surface area contributed by atoms with E-state index in [0.29, 0.717) is 12.2 Å². The first kappa shape index (κ1) is 21.1. The van der Waals surface area contributed by atoms with E-state index >= 15 is 0 Å². The topological polar surface area (TPSA) is 42.7 Å². The van der Waals surface area contributed by atoms with Crippen molar-refractivity contribution in [2.24, 2.45) is 0 Å². The minimum Gasteiger partial charge on any atom is -0.496 e. The van der Waals surface area contributed by atoms with Crippen LogP contribution in [0.25, 0.3) is 0 Å². The molecule has 0 bridgehead atoms. The first-order chi connectivity index (χ1) is 13.9. The molecular weight excluding hydrogens is 382 g/mol. The van der Waals surface area contributed by atoms with Crippen LogP contribution in [0.2, 0.25) is 0 Å². The SMILES string of the molecule is COc1ccccc1CC(C)N(C)C(=O)c1ccc(Sc2c(C)cccc2C)o1. The number of nitrogens with zero attached hydrogens (tertiary/aromatic N) is 1. The molecule has 5 heteroatoms. The van der Waals surface area contributed by atoms with Crippen LogP contribution in [0.5, 0.6) is 5.75 Å². The van der Waals surface area contributed by atoms with Gasteiger partial charge in [0.2, 0.25) is 0 Å². The number of hydrogen-bond acceptors (Lipinski definition) is 4. The average molecular weight is 410 g/mol. The quantitative estimate of drug-likeness (QED) is 0.498. The van der Waals surface area contributed by atoms with Gasteiger partial charge in [-0.15, -0.1) is 0 Å². The third-order valence-electron chi connectivity index (χ3n) is 5.09.